The minimum absolute atomic E-state index is 0.0417. The van der Waals surface area contributed by atoms with E-state index in [1.165, 1.54) is 0 Å². The van der Waals surface area contributed by atoms with E-state index in [1.54, 1.807) is 0 Å². The van der Waals surface area contributed by atoms with Gasteiger partial charge in [0, 0.05) is 5.82 Å². The third kappa shape index (κ3) is 0.737. The molecule has 2 N–H and O–H groups in total. The van der Waals surface area contributed by atoms with E-state index >= 15 is 0 Å². The lowest BCUT2D eigenvalue weighted by Crippen LogP contribution is -2.14. The molecule has 0 aromatic heterocycles. The van der Waals surface area contributed by atoms with Gasteiger partial charge in [-0.2, -0.15) is 0 Å². The van der Waals surface area contributed by atoms with Crippen LogP contribution in [0.15, 0.2) is 0 Å². The lowest BCUT2D eigenvalue weighted by molar-refractivity contribution is 0.392. The van der Waals surface area contributed by atoms with Crippen LogP contribution >= 0.6 is 0 Å². The molecule has 1 saturated carbocycles. The first-order valence-corrected chi connectivity index (χ1v) is 3.68. The van der Waals surface area contributed by atoms with E-state index in [0.717, 1.165) is 0 Å². The maximum Gasteiger partial charge on any atom is 0.455 e. The Labute approximate surface area is 62.4 Å². The van der Waals surface area contributed by atoms with Crippen LogP contribution in [0.3, 0.4) is 0 Å². The number of hydrogen-bond acceptors (Lipinski definition) is 2. The summed E-state index contributed by atoms with van der Waals surface area (Å²) in [5, 5.41) is 17.8. The summed E-state index contributed by atoms with van der Waals surface area (Å²) in [6.45, 7) is 8.27. The highest BCUT2D eigenvalue weighted by Gasteiger charge is 2.68. The predicted molar refractivity (Wildman–Crippen MR) is 41.5 cm³/mol. The molecular formula is C7H15BO2. The summed E-state index contributed by atoms with van der Waals surface area (Å²) < 4.78 is 0. The van der Waals surface area contributed by atoms with Crippen molar-refractivity contribution in [1.82, 2.24) is 0 Å². The van der Waals surface area contributed by atoms with Crippen molar-refractivity contribution in [3.05, 3.63) is 0 Å². The van der Waals surface area contributed by atoms with Gasteiger partial charge < -0.3 is 10.0 Å². The Morgan fingerprint density at radius 1 is 1.00 bits per heavy atom. The van der Waals surface area contributed by atoms with E-state index in [9.17, 15) is 0 Å². The van der Waals surface area contributed by atoms with Gasteiger partial charge >= 0.3 is 7.12 Å². The smallest absolute Gasteiger partial charge is 0.427 e. The first-order valence-electron chi connectivity index (χ1n) is 3.68. The molecule has 0 aromatic rings. The van der Waals surface area contributed by atoms with Crippen molar-refractivity contribution in [2.24, 2.45) is 10.8 Å². The van der Waals surface area contributed by atoms with Crippen molar-refractivity contribution in [3.63, 3.8) is 0 Å². The van der Waals surface area contributed by atoms with Gasteiger partial charge in [-0.25, -0.2) is 0 Å². The fraction of sp³-hybridized carbons (Fsp3) is 1.00. The second-order valence-electron chi connectivity index (χ2n) is 4.33. The fourth-order valence-corrected chi connectivity index (χ4v) is 1.99. The number of hydrogen-bond donors (Lipinski definition) is 2. The van der Waals surface area contributed by atoms with Crippen LogP contribution in [0.5, 0.6) is 0 Å². The van der Waals surface area contributed by atoms with Crippen molar-refractivity contribution in [2.45, 2.75) is 33.5 Å². The molecule has 10 heavy (non-hydrogen) atoms. The molecule has 0 atom stereocenters. The van der Waals surface area contributed by atoms with Crippen LogP contribution in [0.1, 0.15) is 27.7 Å². The van der Waals surface area contributed by atoms with Gasteiger partial charge in [-0.3, -0.25) is 0 Å². The molecule has 1 aliphatic rings. The molecule has 0 amide bonds. The molecule has 0 heterocycles. The molecule has 1 aliphatic carbocycles. The minimum Gasteiger partial charge on any atom is -0.427 e. The molecule has 0 aromatic carbocycles. The zero-order valence-electron chi connectivity index (χ0n) is 7.05. The third-order valence-electron chi connectivity index (χ3n) is 3.43. The third-order valence-corrected chi connectivity index (χ3v) is 3.43. The Balaban J connectivity index is 2.72. The van der Waals surface area contributed by atoms with E-state index in [0.29, 0.717) is 0 Å². The first kappa shape index (κ1) is 8.09. The molecule has 1 rings (SSSR count). The fourth-order valence-electron chi connectivity index (χ4n) is 1.99. The van der Waals surface area contributed by atoms with Crippen LogP contribution in [0.4, 0.5) is 0 Å². The van der Waals surface area contributed by atoms with Crippen molar-refractivity contribution in [1.29, 1.82) is 0 Å². The van der Waals surface area contributed by atoms with Crippen LogP contribution in [0, 0.1) is 10.8 Å². The van der Waals surface area contributed by atoms with E-state index < -0.39 is 7.12 Å². The summed E-state index contributed by atoms with van der Waals surface area (Å²) in [6, 6.07) is 0. The Kier molecular flexibility index (Phi) is 1.43. The molecule has 2 nitrogen and oxygen atoms in total. The van der Waals surface area contributed by atoms with Gasteiger partial charge in [-0.05, 0) is 10.8 Å². The van der Waals surface area contributed by atoms with Crippen LogP contribution in [0.2, 0.25) is 5.82 Å². The molecular weight excluding hydrogens is 127 g/mol. The van der Waals surface area contributed by atoms with Crippen molar-refractivity contribution in [3.8, 4) is 0 Å². The molecule has 0 radical (unpaired) electrons. The van der Waals surface area contributed by atoms with Crippen LogP contribution in [-0.4, -0.2) is 17.2 Å². The normalized spacial score (nSPS) is 28.2. The Morgan fingerprint density at radius 3 is 1.30 bits per heavy atom. The summed E-state index contributed by atoms with van der Waals surface area (Å²) in [7, 11) is -1.15. The van der Waals surface area contributed by atoms with Crippen molar-refractivity contribution in [2.75, 3.05) is 0 Å². The van der Waals surface area contributed by atoms with Crippen LogP contribution in [0.25, 0.3) is 0 Å². The molecule has 1 fully saturated rings. The SMILES string of the molecule is CC1(C)C(B(O)O)C1(C)C. The van der Waals surface area contributed by atoms with Crippen molar-refractivity contribution < 1.29 is 10.0 Å². The van der Waals surface area contributed by atoms with E-state index in [-0.39, 0.29) is 16.6 Å². The first-order chi connectivity index (χ1) is 4.32. The maximum absolute atomic E-state index is 8.92. The summed E-state index contributed by atoms with van der Waals surface area (Å²) >= 11 is 0. The van der Waals surface area contributed by atoms with Gasteiger partial charge in [0.05, 0.1) is 0 Å². The number of rotatable bonds is 1. The van der Waals surface area contributed by atoms with Gasteiger partial charge in [-0.15, -0.1) is 0 Å². The summed E-state index contributed by atoms with van der Waals surface area (Å²) in [5.74, 6) is 0.0417. The lowest BCUT2D eigenvalue weighted by Gasteiger charge is -2.04. The Bertz CT molecular complexity index is 138. The molecule has 58 valence electrons. The summed E-state index contributed by atoms with van der Waals surface area (Å²) in [4.78, 5) is 0. The molecule has 0 unspecified atom stereocenters. The van der Waals surface area contributed by atoms with Gasteiger partial charge in [-0.1, -0.05) is 27.7 Å². The summed E-state index contributed by atoms with van der Waals surface area (Å²) in [5.41, 5.74) is 0.169. The standard InChI is InChI=1S/C7H15BO2/c1-6(2)5(8(9)10)7(6,3)4/h5,9-10H,1-4H3. The zero-order chi connectivity index (χ0) is 8.15. The van der Waals surface area contributed by atoms with E-state index in [1.807, 2.05) is 0 Å². The predicted octanol–water partition coefficient (Wildman–Crippen LogP) is 0.895. The second-order valence-corrected chi connectivity index (χ2v) is 4.33. The molecule has 0 saturated heterocycles. The van der Waals surface area contributed by atoms with Gasteiger partial charge in [0.2, 0.25) is 0 Å². The summed E-state index contributed by atoms with van der Waals surface area (Å²) in [6.07, 6.45) is 0. The highest BCUT2D eigenvalue weighted by Crippen LogP contribution is 2.73. The topological polar surface area (TPSA) is 40.5 Å². The second kappa shape index (κ2) is 1.77. The molecule has 0 spiro atoms. The van der Waals surface area contributed by atoms with E-state index in [2.05, 4.69) is 27.7 Å². The molecule has 3 heteroatoms. The Morgan fingerprint density at radius 2 is 1.30 bits per heavy atom. The van der Waals surface area contributed by atoms with Crippen LogP contribution in [-0.2, 0) is 0 Å². The van der Waals surface area contributed by atoms with Gasteiger partial charge in [0.15, 0.2) is 0 Å². The van der Waals surface area contributed by atoms with Crippen molar-refractivity contribution >= 4 is 7.12 Å². The van der Waals surface area contributed by atoms with Gasteiger partial charge in [0.1, 0.15) is 0 Å². The monoisotopic (exact) mass is 142 g/mol. The van der Waals surface area contributed by atoms with E-state index in [4.69, 9.17) is 10.0 Å². The highest BCUT2D eigenvalue weighted by atomic mass is 16.4. The maximum atomic E-state index is 8.92. The van der Waals surface area contributed by atoms with Crippen LogP contribution < -0.4 is 0 Å². The Hall–Kier alpha value is -0.0151. The zero-order valence-corrected chi connectivity index (χ0v) is 7.05. The molecule has 0 bridgehead atoms. The average Bonchev–Trinajstić information content (AvgIpc) is 1.97. The lowest BCUT2D eigenvalue weighted by atomic mass is 9.77. The quantitative estimate of drug-likeness (QED) is 0.534. The largest absolute Gasteiger partial charge is 0.455 e. The van der Waals surface area contributed by atoms with Gasteiger partial charge in [0.25, 0.3) is 0 Å². The average molecular weight is 142 g/mol. The highest BCUT2D eigenvalue weighted by molar-refractivity contribution is 6.45. The molecule has 0 aliphatic heterocycles. The minimum atomic E-state index is -1.15.